The zero-order valence-electron chi connectivity index (χ0n) is 9.40. The third kappa shape index (κ3) is 3.90. The molecule has 4 N–H and O–H groups in total. The monoisotopic (exact) mass is 208 g/mol. The summed E-state index contributed by atoms with van der Waals surface area (Å²) in [5.74, 6) is 0. The summed E-state index contributed by atoms with van der Waals surface area (Å²) in [7, 11) is 0. The van der Waals surface area contributed by atoms with Crippen LogP contribution in [0.2, 0.25) is 0 Å². The minimum Gasteiger partial charge on any atom is -0.399 e. The molecule has 0 aliphatic heterocycles. The van der Waals surface area contributed by atoms with Crippen LogP contribution in [0.4, 0.5) is 5.69 Å². The van der Waals surface area contributed by atoms with Crippen molar-refractivity contribution >= 4 is 5.69 Å². The van der Waals surface area contributed by atoms with E-state index in [9.17, 15) is 5.11 Å². The molecule has 0 aromatic heterocycles. The van der Waals surface area contributed by atoms with Gasteiger partial charge in [0.15, 0.2) is 0 Å². The van der Waals surface area contributed by atoms with Gasteiger partial charge in [0.1, 0.15) is 0 Å². The molecule has 1 rings (SSSR count). The number of anilines is 1. The fraction of sp³-hybridized carbons (Fsp3) is 0.500. The van der Waals surface area contributed by atoms with E-state index < -0.39 is 6.10 Å². The van der Waals surface area contributed by atoms with Gasteiger partial charge in [0.25, 0.3) is 0 Å². The van der Waals surface area contributed by atoms with Crippen molar-refractivity contribution in [3.63, 3.8) is 0 Å². The fourth-order valence-electron chi connectivity index (χ4n) is 1.29. The van der Waals surface area contributed by atoms with Gasteiger partial charge in [-0.2, -0.15) is 0 Å². The van der Waals surface area contributed by atoms with Gasteiger partial charge in [-0.3, -0.25) is 0 Å². The van der Waals surface area contributed by atoms with Gasteiger partial charge < -0.3 is 16.2 Å². The highest BCUT2D eigenvalue weighted by molar-refractivity contribution is 5.39. The SMILES string of the molecule is CC[C@H](C)NC[C@@H](O)c1ccc(N)cc1. The first-order chi connectivity index (χ1) is 7.13. The van der Waals surface area contributed by atoms with Crippen LogP contribution in [-0.2, 0) is 0 Å². The molecule has 1 aromatic rings. The highest BCUT2D eigenvalue weighted by atomic mass is 16.3. The summed E-state index contributed by atoms with van der Waals surface area (Å²) in [6.45, 7) is 4.81. The highest BCUT2D eigenvalue weighted by Crippen LogP contribution is 2.13. The maximum atomic E-state index is 9.85. The quantitative estimate of drug-likeness (QED) is 0.645. The molecule has 0 saturated carbocycles. The molecule has 0 radical (unpaired) electrons. The topological polar surface area (TPSA) is 58.3 Å². The van der Waals surface area contributed by atoms with Gasteiger partial charge in [-0.05, 0) is 31.0 Å². The van der Waals surface area contributed by atoms with Crippen LogP contribution < -0.4 is 11.1 Å². The Bertz CT molecular complexity index is 284. The molecule has 0 unspecified atom stereocenters. The lowest BCUT2D eigenvalue weighted by Crippen LogP contribution is -2.29. The van der Waals surface area contributed by atoms with Crippen molar-refractivity contribution < 1.29 is 5.11 Å². The lowest BCUT2D eigenvalue weighted by Gasteiger charge is -2.16. The Labute approximate surface area is 91.3 Å². The predicted octanol–water partition coefficient (Wildman–Crippen LogP) is 1.69. The second-order valence-electron chi connectivity index (χ2n) is 3.90. The number of hydrogen-bond donors (Lipinski definition) is 3. The van der Waals surface area contributed by atoms with Crippen LogP contribution in [0.3, 0.4) is 0 Å². The average Bonchev–Trinajstić information content (AvgIpc) is 2.26. The summed E-state index contributed by atoms with van der Waals surface area (Å²) in [6.07, 6.45) is 0.605. The van der Waals surface area contributed by atoms with Crippen molar-refractivity contribution in [2.24, 2.45) is 0 Å². The average molecular weight is 208 g/mol. The number of hydrogen-bond acceptors (Lipinski definition) is 3. The first-order valence-electron chi connectivity index (χ1n) is 5.40. The second-order valence-corrected chi connectivity index (χ2v) is 3.90. The molecule has 0 aliphatic rings. The molecule has 0 saturated heterocycles. The zero-order chi connectivity index (χ0) is 11.3. The molecule has 3 nitrogen and oxygen atoms in total. The van der Waals surface area contributed by atoms with Gasteiger partial charge in [0.05, 0.1) is 6.10 Å². The van der Waals surface area contributed by atoms with Crippen LogP contribution >= 0.6 is 0 Å². The molecule has 0 aliphatic carbocycles. The number of nitrogens with one attached hydrogen (secondary N) is 1. The van der Waals surface area contributed by atoms with Crippen LogP contribution in [0, 0.1) is 0 Å². The Morgan fingerprint density at radius 2 is 1.93 bits per heavy atom. The normalized spacial score (nSPS) is 14.9. The third-order valence-corrected chi connectivity index (χ3v) is 2.59. The van der Waals surface area contributed by atoms with Gasteiger partial charge in [-0.15, -0.1) is 0 Å². The summed E-state index contributed by atoms with van der Waals surface area (Å²) in [5, 5.41) is 13.1. The van der Waals surface area contributed by atoms with Crippen LogP contribution in [0.1, 0.15) is 31.9 Å². The lowest BCUT2D eigenvalue weighted by molar-refractivity contribution is 0.170. The number of aliphatic hydroxyl groups excluding tert-OH is 1. The standard InChI is InChI=1S/C12H20N2O/c1-3-9(2)14-8-12(15)10-4-6-11(13)7-5-10/h4-7,9,12,14-15H,3,8,13H2,1-2H3/t9-,12+/m0/s1. The summed E-state index contributed by atoms with van der Waals surface area (Å²) >= 11 is 0. The van der Waals surface area contributed by atoms with E-state index in [1.165, 1.54) is 0 Å². The first kappa shape index (κ1) is 12.0. The summed E-state index contributed by atoms with van der Waals surface area (Å²) < 4.78 is 0. The number of nitrogen functional groups attached to an aromatic ring is 1. The minimum absolute atomic E-state index is 0.438. The van der Waals surface area contributed by atoms with Crippen LogP contribution in [-0.4, -0.2) is 17.7 Å². The van der Waals surface area contributed by atoms with E-state index in [1.807, 2.05) is 24.3 Å². The van der Waals surface area contributed by atoms with E-state index in [-0.39, 0.29) is 0 Å². The molecule has 2 atom stereocenters. The molecule has 0 bridgehead atoms. The molecule has 3 heteroatoms. The van der Waals surface area contributed by atoms with E-state index in [4.69, 9.17) is 5.73 Å². The maximum absolute atomic E-state index is 9.85. The Balaban J connectivity index is 2.46. The van der Waals surface area contributed by atoms with Crippen LogP contribution in [0.25, 0.3) is 0 Å². The molecular weight excluding hydrogens is 188 g/mol. The smallest absolute Gasteiger partial charge is 0.0914 e. The molecular formula is C12H20N2O. The van der Waals surface area contributed by atoms with Crippen molar-refractivity contribution in [2.75, 3.05) is 12.3 Å². The van der Waals surface area contributed by atoms with Gasteiger partial charge in [0, 0.05) is 18.3 Å². The molecule has 84 valence electrons. The third-order valence-electron chi connectivity index (χ3n) is 2.59. The number of benzene rings is 1. The summed E-state index contributed by atoms with van der Waals surface area (Å²) in [5.41, 5.74) is 7.20. The summed E-state index contributed by atoms with van der Waals surface area (Å²) in [4.78, 5) is 0. The highest BCUT2D eigenvalue weighted by Gasteiger charge is 2.07. The fourth-order valence-corrected chi connectivity index (χ4v) is 1.29. The van der Waals surface area contributed by atoms with Gasteiger partial charge in [-0.1, -0.05) is 19.1 Å². The van der Waals surface area contributed by atoms with E-state index in [0.29, 0.717) is 12.6 Å². The largest absolute Gasteiger partial charge is 0.399 e. The molecule has 0 amide bonds. The maximum Gasteiger partial charge on any atom is 0.0914 e. The zero-order valence-corrected chi connectivity index (χ0v) is 9.40. The molecule has 15 heavy (non-hydrogen) atoms. The van der Waals surface area contributed by atoms with E-state index >= 15 is 0 Å². The molecule has 0 fully saturated rings. The number of nitrogens with two attached hydrogens (primary N) is 1. The van der Waals surface area contributed by atoms with Gasteiger partial charge >= 0.3 is 0 Å². The van der Waals surface area contributed by atoms with E-state index in [2.05, 4.69) is 19.2 Å². The molecule has 1 aromatic carbocycles. The van der Waals surface area contributed by atoms with Crippen LogP contribution in [0.5, 0.6) is 0 Å². The predicted molar refractivity (Wildman–Crippen MR) is 63.6 cm³/mol. The Morgan fingerprint density at radius 3 is 2.47 bits per heavy atom. The minimum atomic E-state index is -0.459. The molecule has 0 spiro atoms. The Kier molecular flexibility index (Phi) is 4.59. The lowest BCUT2D eigenvalue weighted by atomic mass is 10.1. The Morgan fingerprint density at radius 1 is 1.33 bits per heavy atom. The summed E-state index contributed by atoms with van der Waals surface area (Å²) in [6, 6.07) is 7.77. The van der Waals surface area contributed by atoms with Crippen LogP contribution in [0.15, 0.2) is 24.3 Å². The number of rotatable bonds is 5. The molecule has 0 heterocycles. The first-order valence-corrected chi connectivity index (χ1v) is 5.40. The van der Waals surface area contributed by atoms with Crippen molar-refractivity contribution in [1.82, 2.24) is 5.32 Å². The van der Waals surface area contributed by atoms with E-state index in [1.54, 1.807) is 0 Å². The van der Waals surface area contributed by atoms with Crippen molar-refractivity contribution in [2.45, 2.75) is 32.4 Å². The van der Waals surface area contributed by atoms with Gasteiger partial charge in [0.2, 0.25) is 0 Å². The Hall–Kier alpha value is -1.06. The van der Waals surface area contributed by atoms with E-state index in [0.717, 1.165) is 17.7 Å². The van der Waals surface area contributed by atoms with Crippen molar-refractivity contribution in [3.05, 3.63) is 29.8 Å². The number of aliphatic hydroxyl groups is 1. The second kappa shape index (κ2) is 5.73. The van der Waals surface area contributed by atoms with Crippen molar-refractivity contribution in [1.29, 1.82) is 0 Å². The van der Waals surface area contributed by atoms with Gasteiger partial charge in [-0.25, -0.2) is 0 Å². The van der Waals surface area contributed by atoms with Crippen molar-refractivity contribution in [3.8, 4) is 0 Å².